The SMILES string of the molecule is C(=Cc1ccc2c(c1)nnc1ccccc12)c1ccccc1. The number of benzene rings is 3. The first-order chi connectivity index (χ1) is 10.9. The number of nitrogens with zero attached hydrogens (tertiary/aromatic N) is 2. The predicted molar refractivity (Wildman–Crippen MR) is 92.4 cm³/mol. The molecule has 4 rings (SSSR count). The van der Waals surface area contributed by atoms with E-state index in [1.165, 1.54) is 5.56 Å². The maximum Gasteiger partial charge on any atom is 0.0942 e. The van der Waals surface area contributed by atoms with E-state index in [9.17, 15) is 0 Å². The average molecular weight is 282 g/mol. The lowest BCUT2D eigenvalue weighted by Gasteiger charge is -2.03. The molecular weight excluding hydrogens is 268 g/mol. The Morgan fingerprint density at radius 3 is 2.14 bits per heavy atom. The first kappa shape index (κ1) is 12.7. The molecule has 0 saturated heterocycles. The summed E-state index contributed by atoms with van der Waals surface area (Å²) < 4.78 is 0. The summed E-state index contributed by atoms with van der Waals surface area (Å²) in [7, 11) is 0. The third-order valence-corrected chi connectivity index (χ3v) is 3.75. The topological polar surface area (TPSA) is 25.8 Å². The molecule has 0 fully saturated rings. The van der Waals surface area contributed by atoms with Crippen molar-refractivity contribution in [3.8, 4) is 0 Å². The minimum absolute atomic E-state index is 0.925. The molecule has 2 nitrogen and oxygen atoms in total. The number of aromatic nitrogens is 2. The largest absolute Gasteiger partial charge is 0.150 e. The molecule has 0 aliphatic heterocycles. The number of hydrogen-bond donors (Lipinski definition) is 0. The Kier molecular flexibility index (Phi) is 3.13. The molecule has 3 aromatic carbocycles. The molecule has 0 atom stereocenters. The number of rotatable bonds is 2. The summed E-state index contributed by atoms with van der Waals surface area (Å²) >= 11 is 0. The summed E-state index contributed by atoms with van der Waals surface area (Å²) in [6.07, 6.45) is 4.21. The van der Waals surface area contributed by atoms with Gasteiger partial charge >= 0.3 is 0 Å². The second-order valence-corrected chi connectivity index (χ2v) is 5.24. The van der Waals surface area contributed by atoms with E-state index in [1.54, 1.807) is 0 Å². The molecule has 4 aromatic rings. The summed E-state index contributed by atoms with van der Waals surface area (Å²) in [5.74, 6) is 0. The van der Waals surface area contributed by atoms with Crippen LogP contribution in [0.3, 0.4) is 0 Å². The fourth-order valence-electron chi connectivity index (χ4n) is 2.62. The van der Waals surface area contributed by atoms with Crippen molar-refractivity contribution < 1.29 is 0 Å². The van der Waals surface area contributed by atoms with Crippen LogP contribution in [0.15, 0.2) is 72.8 Å². The first-order valence-electron chi connectivity index (χ1n) is 7.28. The predicted octanol–water partition coefficient (Wildman–Crippen LogP) is 4.95. The lowest BCUT2D eigenvalue weighted by molar-refractivity contribution is 1.12. The molecule has 0 radical (unpaired) electrons. The highest BCUT2D eigenvalue weighted by molar-refractivity contribution is 6.04. The third-order valence-electron chi connectivity index (χ3n) is 3.75. The van der Waals surface area contributed by atoms with Crippen molar-refractivity contribution in [2.75, 3.05) is 0 Å². The molecule has 0 saturated carbocycles. The second kappa shape index (κ2) is 5.41. The molecule has 0 unspecified atom stereocenters. The van der Waals surface area contributed by atoms with Crippen molar-refractivity contribution in [3.05, 3.63) is 83.9 Å². The van der Waals surface area contributed by atoms with Crippen LogP contribution in [0.2, 0.25) is 0 Å². The minimum atomic E-state index is 0.925. The van der Waals surface area contributed by atoms with Crippen molar-refractivity contribution in [2.24, 2.45) is 0 Å². The summed E-state index contributed by atoms with van der Waals surface area (Å²) in [5.41, 5.74) is 4.17. The summed E-state index contributed by atoms with van der Waals surface area (Å²) in [6, 6.07) is 24.7. The van der Waals surface area contributed by atoms with E-state index >= 15 is 0 Å². The standard InChI is InChI=1S/C20H14N2/c1-2-6-15(7-3-1)10-11-16-12-13-18-17-8-4-5-9-19(17)21-22-20(18)14-16/h1-14H. The van der Waals surface area contributed by atoms with E-state index in [1.807, 2.05) is 36.4 Å². The van der Waals surface area contributed by atoms with Crippen LogP contribution in [0.4, 0.5) is 0 Å². The summed E-state index contributed by atoms with van der Waals surface area (Å²) in [6.45, 7) is 0. The van der Waals surface area contributed by atoms with E-state index in [0.29, 0.717) is 0 Å². The molecule has 0 N–H and O–H groups in total. The molecule has 0 aliphatic rings. The van der Waals surface area contributed by atoms with Crippen molar-refractivity contribution in [2.45, 2.75) is 0 Å². The van der Waals surface area contributed by atoms with E-state index in [-0.39, 0.29) is 0 Å². The zero-order valence-electron chi connectivity index (χ0n) is 12.0. The quantitative estimate of drug-likeness (QED) is 0.384. The van der Waals surface area contributed by atoms with E-state index in [0.717, 1.165) is 27.4 Å². The van der Waals surface area contributed by atoms with Crippen LogP contribution >= 0.6 is 0 Å². The Hall–Kier alpha value is -3.00. The second-order valence-electron chi connectivity index (χ2n) is 5.24. The highest BCUT2D eigenvalue weighted by atomic mass is 15.1. The molecular formula is C20H14N2. The third kappa shape index (κ3) is 2.35. The van der Waals surface area contributed by atoms with Gasteiger partial charge in [-0.1, -0.05) is 72.8 Å². The molecule has 1 heterocycles. The first-order valence-corrected chi connectivity index (χ1v) is 7.28. The van der Waals surface area contributed by atoms with Crippen LogP contribution in [0.5, 0.6) is 0 Å². The smallest absolute Gasteiger partial charge is 0.0942 e. The molecule has 22 heavy (non-hydrogen) atoms. The molecule has 0 spiro atoms. The molecule has 104 valence electrons. The van der Waals surface area contributed by atoms with Crippen molar-refractivity contribution in [1.29, 1.82) is 0 Å². The van der Waals surface area contributed by atoms with Gasteiger partial charge in [-0.05, 0) is 23.3 Å². The van der Waals surface area contributed by atoms with Gasteiger partial charge in [0.05, 0.1) is 11.0 Å². The minimum Gasteiger partial charge on any atom is -0.150 e. The van der Waals surface area contributed by atoms with Gasteiger partial charge in [-0.3, -0.25) is 0 Å². The van der Waals surface area contributed by atoms with Gasteiger partial charge in [0.2, 0.25) is 0 Å². The van der Waals surface area contributed by atoms with Crippen molar-refractivity contribution in [3.63, 3.8) is 0 Å². The van der Waals surface area contributed by atoms with Crippen LogP contribution in [0.25, 0.3) is 34.0 Å². The Morgan fingerprint density at radius 1 is 0.545 bits per heavy atom. The van der Waals surface area contributed by atoms with Crippen LogP contribution in [0, 0.1) is 0 Å². The van der Waals surface area contributed by atoms with E-state index < -0.39 is 0 Å². The van der Waals surface area contributed by atoms with Gasteiger partial charge in [-0.25, -0.2) is 0 Å². The van der Waals surface area contributed by atoms with Crippen LogP contribution in [0.1, 0.15) is 11.1 Å². The number of hydrogen-bond acceptors (Lipinski definition) is 2. The van der Waals surface area contributed by atoms with E-state index in [2.05, 4.69) is 58.7 Å². The van der Waals surface area contributed by atoms with Crippen LogP contribution in [-0.2, 0) is 0 Å². The van der Waals surface area contributed by atoms with Crippen molar-refractivity contribution in [1.82, 2.24) is 10.2 Å². The summed E-state index contributed by atoms with van der Waals surface area (Å²) in [5, 5.41) is 10.9. The van der Waals surface area contributed by atoms with Gasteiger partial charge in [-0.2, -0.15) is 0 Å². The van der Waals surface area contributed by atoms with Gasteiger partial charge in [-0.15, -0.1) is 10.2 Å². The van der Waals surface area contributed by atoms with Crippen molar-refractivity contribution >= 4 is 34.0 Å². The van der Waals surface area contributed by atoms with Gasteiger partial charge in [0, 0.05) is 10.8 Å². The maximum absolute atomic E-state index is 4.34. The fourth-order valence-corrected chi connectivity index (χ4v) is 2.62. The zero-order chi connectivity index (χ0) is 14.8. The number of fused-ring (bicyclic) bond motifs is 3. The Balaban J connectivity index is 1.78. The Morgan fingerprint density at radius 2 is 1.23 bits per heavy atom. The molecule has 0 bridgehead atoms. The molecule has 1 aromatic heterocycles. The lowest BCUT2D eigenvalue weighted by atomic mass is 10.1. The molecule has 0 amide bonds. The normalized spacial score (nSPS) is 11.5. The highest BCUT2D eigenvalue weighted by Crippen LogP contribution is 2.23. The van der Waals surface area contributed by atoms with Gasteiger partial charge in [0.25, 0.3) is 0 Å². The Bertz CT molecular complexity index is 972. The lowest BCUT2D eigenvalue weighted by Crippen LogP contribution is -1.87. The summed E-state index contributed by atoms with van der Waals surface area (Å²) in [4.78, 5) is 0. The van der Waals surface area contributed by atoms with Gasteiger partial charge in [0.15, 0.2) is 0 Å². The van der Waals surface area contributed by atoms with Crippen LogP contribution < -0.4 is 0 Å². The molecule has 2 heteroatoms. The van der Waals surface area contributed by atoms with E-state index in [4.69, 9.17) is 0 Å². The average Bonchev–Trinajstić information content (AvgIpc) is 2.60. The molecule has 0 aliphatic carbocycles. The monoisotopic (exact) mass is 282 g/mol. The zero-order valence-corrected chi connectivity index (χ0v) is 12.0. The Labute approximate surface area is 128 Å². The fraction of sp³-hybridized carbons (Fsp3) is 0. The van der Waals surface area contributed by atoms with Gasteiger partial charge in [0.1, 0.15) is 0 Å². The van der Waals surface area contributed by atoms with Crippen LogP contribution in [-0.4, -0.2) is 10.2 Å². The highest BCUT2D eigenvalue weighted by Gasteiger charge is 2.02. The maximum atomic E-state index is 4.34. The van der Waals surface area contributed by atoms with Gasteiger partial charge < -0.3 is 0 Å².